The van der Waals surface area contributed by atoms with Crippen molar-refractivity contribution in [3.8, 4) is 0 Å². The van der Waals surface area contributed by atoms with Crippen molar-refractivity contribution in [3.63, 3.8) is 0 Å². The zero-order chi connectivity index (χ0) is 20.9. The summed E-state index contributed by atoms with van der Waals surface area (Å²) in [6, 6.07) is 9.37. The lowest BCUT2D eigenvalue weighted by Crippen LogP contribution is -2.50. The number of carbonyl (C=O) groups is 1. The molecule has 2 N–H and O–H groups in total. The highest BCUT2D eigenvalue weighted by Crippen LogP contribution is 2.11. The first-order valence-electron chi connectivity index (χ1n) is 9.80. The molecule has 0 heterocycles. The first-order valence-corrected chi connectivity index (χ1v) is 9.80. The molecule has 1 rings (SSSR count). The van der Waals surface area contributed by atoms with Gasteiger partial charge < -0.3 is 15.2 Å². The van der Waals surface area contributed by atoms with E-state index in [4.69, 9.17) is 4.74 Å². The average Bonchev–Trinajstić information content (AvgIpc) is 2.61. The Bertz CT molecular complexity index is 526. The lowest BCUT2D eigenvalue weighted by atomic mass is 10.0. The minimum Gasteiger partial charge on any atom is -0.444 e. The van der Waals surface area contributed by atoms with Gasteiger partial charge in [-0.25, -0.2) is 4.79 Å². The summed E-state index contributed by atoms with van der Waals surface area (Å²) in [5, 5.41) is 13.5. The molecule has 0 fully saturated rings. The fourth-order valence-corrected chi connectivity index (χ4v) is 2.52. The van der Waals surface area contributed by atoms with E-state index in [-0.39, 0.29) is 0 Å². The first-order chi connectivity index (χ1) is 12.7. The Labute approximate surface area is 165 Å². The Morgan fingerprint density at radius 1 is 1.30 bits per heavy atom. The monoisotopic (exact) mass is 378 g/mol. The van der Waals surface area contributed by atoms with Gasteiger partial charge in [-0.1, -0.05) is 57.2 Å². The maximum absolute atomic E-state index is 12.2. The molecule has 5 heteroatoms. The van der Waals surface area contributed by atoms with Crippen molar-refractivity contribution in [1.82, 2.24) is 10.2 Å². The standard InChI is InChI=1S/C20H32N2O3.C2H6/c1-6-13-22(7-2)15-18(23)17(14-16-11-9-8-10-12-16)21-19(24)25-20(3,4)5;1-2/h6,8-12,17-18,23H,1,7,13-15H2,2-5H3,(H,21,24);1-2H3/t17-,18+;/m0./s1. The van der Waals surface area contributed by atoms with Gasteiger partial charge in [-0.2, -0.15) is 0 Å². The van der Waals surface area contributed by atoms with E-state index in [1.807, 2.05) is 78.0 Å². The van der Waals surface area contributed by atoms with Crippen LogP contribution in [0.2, 0.25) is 0 Å². The molecule has 0 bridgehead atoms. The molecule has 0 aliphatic carbocycles. The summed E-state index contributed by atoms with van der Waals surface area (Å²) < 4.78 is 5.34. The molecule has 0 aliphatic rings. The van der Waals surface area contributed by atoms with Crippen molar-refractivity contribution in [2.75, 3.05) is 19.6 Å². The van der Waals surface area contributed by atoms with E-state index in [1.165, 1.54) is 0 Å². The summed E-state index contributed by atoms with van der Waals surface area (Å²) in [6.07, 6.45) is 1.11. The predicted molar refractivity (Wildman–Crippen MR) is 113 cm³/mol. The summed E-state index contributed by atoms with van der Waals surface area (Å²) in [6.45, 7) is 17.2. The van der Waals surface area contributed by atoms with Crippen molar-refractivity contribution >= 4 is 6.09 Å². The van der Waals surface area contributed by atoms with Crippen LogP contribution in [0.1, 0.15) is 47.1 Å². The molecular formula is C22H38N2O3. The molecule has 0 saturated heterocycles. The molecule has 1 amide bonds. The minimum atomic E-state index is -0.715. The van der Waals surface area contributed by atoms with Crippen LogP contribution in [-0.2, 0) is 11.2 Å². The Morgan fingerprint density at radius 3 is 2.37 bits per heavy atom. The third-order valence-corrected chi connectivity index (χ3v) is 3.74. The molecule has 0 saturated carbocycles. The summed E-state index contributed by atoms with van der Waals surface area (Å²) in [5.74, 6) is 0. The van der Waals surface area contributed by atoms with Gasteiger partial charge in [0, 0.05) is 13.1 Å². The fourth-order valence-electron chi connectivity index (χ4n) is 2.52. The molecule has 1 aromatic rings. The summed E-state index contributed by atoms with van der Waals surface area (Å²) >= 11 is 0. The Balaban J connectivity index is 0.00000326. The molecule has 0 aromatic heterocycles. The minimum absolute atomic E-state index is 0.434. The molecule has 0 aliphatic heterocycles. The Kier molecular flexibility index (Phi) is 12.4. The van der Waals surface area contributed by atoms with E-state index in [0.29, 0.717) is 19.5 Å². The number of likely N-dealkylation sites (N-methyl/N-ethyl adjacent to an activating group) is 1. The first kappa shape index (κ1) is 25.1. The topological polar surface area (TPSA) is 61.8 Å². The largest absolute Gasteiger partial charge is 0.444 e. The van der Waals surface area contributed by atoms with Gasteiger partial charge in [0.2, 0.25) is 0 Å². The van der Waals surface area contributed by atoms with E-state index in [9.17, 15) is 9.90 Å². The van der Waals surface area contributed by atoms with E-state index >= 15 is 0 Å². The predicted octanol–water partition coefficient (Wildman–Crippen LogP) is 4.02. The van der Waals surface area contributed by atoms with Crippen LogP contribution in [0.25, 0.3) is 0 Å². The molecule has 154 valence electrons. The Morgan fingerprint density at radius 2 is 1.89 bits per heavy atom. The van der Waals surface area contributed by atoms with E-state index in [1.54, 1.807) is 0 Å². The number of benzene rings is 1. The number of alkyl carbamates (subject to hydrolysis) is 1. The Hall–Kier alpha value is -1.85. The highest BCUT2D eigenvalue weighted by Gasteiger charge is 2.26. The SMILES string of the molecule is C=CCN(CC)C[C@@H](O)[C@H](Cc1ccccc1)NC(=O)OC(C)(C)C.CC. The zero-order valence-corrected chi connectivity index (χ0v) is 17.9. The van der Waals surface area contributed by atoms with E-state index < -0.39 is 23.8 Å². The number of amides is 1. The van der Waals surface area contributed by atoms with Gasteiger partial charge in [0.05, 0.1) is 12.1 Å². The van der Waals surface area contributed by atoms with Gasteiger partial charge in [0.15, 0.2) is 0 Å². The van der Waals surface area contributed by atoms with Crippen molar-refractivity contribution in [3.05, 3.63) is 48.6 Å². The molecule has 1 aromatic carbocycles. The second-order valence-corrected chi connectivity index (χ2v) is 7.15. The van der Waals surface area contributed by atoms with Gasteiger partial charge in [0.25, 0.3) is 0 Å². The molecule has 2 atom stereocenters. The van der Waals surface area contributed by atoms with Crippen LogP contribution < -0.4 is 5.32 Å². The molecule has 27 heavy (non-hydrogen) atoms. The van der Waals surface area contributed by atoms with Crippen LogP contribution in [0.3, 0.4) is 0 Å². The number of carbonyl (C=O) groups excluding carboxylic acids is 1. The van der Waals surface area contributed by atoms with Gasteiger partial charge in [-0.3, -0.25) is 4.90 Å². The number of aliphatic hydroxyl groups is 1. The van der Waals surface area contributed by atoms with Gasteiger partial charge in [-0.15, -0.1) is 6.58 Å². The maximum atomic E-state index is 12.2. The van der Waals surface area contributed by atoms with Gasteiger partial charge in [-0.05, 0) is 39.3 Å². The fraction of sp³-hybridized carbons (Fsp3) is 0.591. The molecule has 0 radical (unpaired) electrons. The summed E-state index contributed by atoms with van der Waals surface area (Å²) in [7, 11) is 0. The second-order valence-electron chi connectivity index (χ2n) is 7.15. The number of nitrogens with one attached hydrogen (secondary N) is 1. The number of hydrogen-bond donors (Lipinski definition) is 2. The number of rotatable bonds is 9. The van der Waals surface area contributed by atoms with Crippen molar-refractivity contribution in [1.29, 1.82) is 0 Å². The van der Waals surface area contributed by atoms with Crippen molar-refractivity contribution in [2.24, 2.45) is 0 Å². The maximum Gasteiger partial charge on any atom is 0.407 e. The average molecular weight is 379 g/mol. The van der Waals surface area contributed by atoms with Crippen molar-refractivity contribution < 1.29 is 14.6 Å². The van der Waals surface area contributed by atoms with Gasteiger partial charge in [0.1, 0.15) is 5.60 Å². The third-order valence-electron chi connectivity index (χ3n) is 3.74. The quantitative estimate of drug-likeness (QED) is 0.637. The van der Waals surface area contributed by atoms with E-state index in [0.717, 1.165) is 12.1 Å². The van der Waals surface area contributed by atoms with Crippen LogP contribution >= 0.6 is 0 Å². The van der Waals surface area contributed by atoms with Crippen LogP contribution in [-0.4, -0.2) is 53.5 Å². The number of hydrogen-bond acceptors (Lipinski definition) is 4. The van der Waals surface area contributed by atoms with Crippen molar-refractivity contribution in [2.45, 2.75) is 65.7 Å². The molecule has 0 unspecified atom stereocenters. The molecule has 0 spiro atoms. The van der Waals surface area contributed by atoms with Crippen LogP contribution in [0, 0.1) is 0 Å². The van der Waals surface area contributed by atoms with Crippen LogP contribution in [0.15, 0.2) is 43.0 Å². The lowest BCUT2D eigenvalue weighted by molar-refractivity contribution is 0.0375. The number of ether oxygens (including phenoxy) is 1. The highest BCUT2D eigenvalue weighted by molar-refractivity contribution is 5.68. The summed E-state index contributed by atoms with van der Waals surface area (Å²) in [4.78, 5) is 14.2. The zero-order valence-electron chi connectivity index (χ0n) is 17.9. The highest BCUT2D eigenvalue weighted by atomic mass is 16.6. The third kappa shape index (κ3) is 11.5. The lowest BCUT2D eigenvalue weighted by Gasteiger charge is -2.30. The molecule has 5 nitrogen and oxygen atoms in total. The second kappa shape index (κ2) is 13.3. The normalized spacial score (nSPS) is 13.2. The van der Waals surface area contributed by atoms with Crippen LogP contribution in [0.4, 0.5) is 4.79 Å². The van der Waals surface area contributed by atoms with Crippen LogP contribution in [0.5, 0.6) is 0 Å². The smallest absolute Gasteiger partial charge is 0.407 e. The number of nitrogens with zero attached hydrogens (tertiary/aromatic N) is 1. The van der Waals surface area contributed by atoms with Gasteiger partial charge >= 0.3 is 6.09 Å². The number of aliphatic hydroxyl groups excluding tert-OH is 1. The molecular weight excluding hydrogens is 340 g/mol. The summed E-state index contributed by atoms with van der Waals surface area (Å²) in [5.41, 5.74) is 0.472. The van der Waals surface area contributed by atoms with E-state index in [2.05, 4.69) is 16.8 Å².